The van der Waals surface area contributed by atoms with Crippen molar-refractivity contribution in [2.75, 3.05) is 13.1 Å². The van der Waals surface area contributed by atoms with E-state index in [-0.39, 0.29) is 11.1 Å². The van der Waals surface area contributed by atoms with E-state index >= 15 is 0 Å². The molecule has 2 amide bonds. The number of amides is 2. The lowest BCUT2D eigenvalue weighted by molar-refractivity contribution is -0.123. The molecule has 0 aromatic heterocycles. The van der Waals surface area contributed by atoms with Crippen LogP contribution in [0, 0.1) is 17.7 Å². The molecule has 0 unspecified atom stereocenters. The Morgan fingerprint density at radius 2 is 1.54 bits per heavy atom. The van der Waals surface area contributed by atoms with Crippen LogP contribution in [-0.2, 0) is 9.59 Å². The van der Waals surface area contributed by atoms with Crippen molar-refractivity contribution in [3.8, 4) is 0 Å². The molecule has 1 aromatic carbocycles. The maximum absolute atomic E-state index is 14.0. The number of hydrogen-bond acceptors (Lipinski definition) is 2. The van der Waals surface area contributed by atoms with Gasteiger partial charge >= 0.3 is 0 Å². The van der Waals surface area contributed by atoms with Crippen LogP contribution in [0.4, 0.5) is 4.39 Å². The Bertz CT molecular complexity index is 629. The first kappa shape index (κ1) is 22.4. The SMILES string of the molecule is CC(C)CCNC(=O)C(=Cc1cc(Br)ccc1F)C(=O)NCCC(C)C. The molecular formula is C20H28BrFN2O2. The highest BCUT2D eigenvalue weighted by Crippen LogP contribution is 2.18. The number of hydrogen-bond donors (Lipinski definition) is 2. The van der Waals surface area contributed by atoms with E-state index in [1.807, 2.05) is 0 Å². The lowest BCUT2D eigenvalue weighted by atomic mass is 10.1. The summed E-state index contributed by atoms with van der Waals surface area (Å²) in [5.74, 6) is -0.606. The number of nitrogens with one attached hydrogen (secondary N) is 2. The second-order valence-corrected chi connectivity index (χ2v) is 8.02. The van der Waals surface area contributed by atoms with Gasteiger partial charge in [-0.05, 0) is 49.0 Å². The van der Waals surface area contributed by atoms with Gasteiger partial charge in [-0.3, -0.25) is 9.59 Å². The van der Waals surface area contributed by atoms with Crippen molar-refractivity contribution in [1.29, 1.82) is 0 Å². The van der Waals surface area contributed by atoms with Crippen molar-refractivity contribution in [1.82, 2.24) is 10.6 Å². The van der Waals surface area contributed by atoms with Gasteiger partial charge in [-0.1, -0.05) is 43.6 Å². The van der Waals surface area contributed by atoms with E-state index in [4.69, 9.17) is 0 Å². The highest BCUT2D eigenvalue weighted by Gasteiger charge is 2.19. The molecule has 0 radical (unpaired) electrons. The van der Waals surface area contributed by atoms with Crippen LogP contribution in [0.3, 0.4) is 0 Å². The summed E-state index contributed by atoms with van der Waals surface area (Å²) in [5, 5.41) is 5.49. The second kappa shape index (κ2) is 11.1. The molecule has 0 aliphatic carbocycles. The van der Waals surface area contributed by atoms with Gasteiger partial charge in [-0.25, -0.2) is 4.39 Å². The summed E-state index contributed by atoms with van der Waals surface area (Å²) in [5.41, 5.74) is 0.0990. The Labute approximate surface area is 163 Å². The van der Waals surface area contributed by atoms with Crippen molar-refractivity contribution in [3.63, 3.8) is 0 Å². The van der Waals surface area contributed by atoms with Gasteiger partial charge in [-0.15, -0.1) is 0 Å². The number of carbonyl (C=O) groups excluding carboxylic acids is 2. The van der Waals surface area contributed by atoms with E-state index in [2.05, 4.69) is 54.3 Å². The van der Waals surface area contributed by atoms with Crippen LogP contribution in [0.5, 0.6) is 0 Å². The highest BCUT2D eigenvalue weighted by atomic mass is 79.9. The Morgan fingerprint density at radius 3 is 2.00 bits per heavy atom. The zero-order valence-corrected chi connectivity index (χ0v) is 17.5. The van der Waals surface area contributed by atoms with E-state index in [0.29, 0.717) is 29.4 Å². The van der Waals surface area contributed by atoms with Crippen LogP contribution >= 0.6 is 15.9 Å². The average molecular weight is 427 g/mol. The van der Waals surface area contributed by atoms with Gasteiger partial charge < -0.3 is 10.6 Å². The third-order valence-corrected chi connectivity index (χ3v) is 4.25. The van der Waals surface area contributed by atoms with E-state index in [0.717, 1.165) is 12.8 Å². The largest absolute Gasteiger partial charge is 0.352 e. The van der Waals surface area contributed by atoms with Crippen LogP contribution in [0.1, 0.15) is 46.1 Å². The topological polar surface area (TPSA) is 58.2 Å². The number of halogens is 2. The fourth-order valence-electron chi connectivity index (χ4n) is 2.15. The van der Waals surface area contributed by atoms with E-state index in [9.17, 15) is 14.0 Å². The zero-order chi connectivity index (χ0) is 19.7. The van der Waals surface area contributed by atoms with Crippen LogP contribution in [0.25, 0.3) is 6.08 Å². The van der Waals surface area contributed by atoms with Gasteiger partial charge in [0.25, 0.3) is 11.8 Å². The number of benzene rings is 1. The number of rotatable bonds is 9. The van der Waals surface area contributed by atoms with E-state index in [1.54, 1.807) is 6.07 Å². The smallest absolute Gasteiger partial charge is 0.256 e. The summed E-state index contributed by atoms with van der Waals surface area (Å²) >= 11 is 3.28. The molecule has 26 heavy (non-hydrogen) atoms. The quantitative estimate of drug-likeness (QED) is 0.351. The fourth-order valence-corrected chi connectivity index (χ4v) is 2.53. The molecule has 1 rings (SSSR count). The normalized spacial score (nSPS) is 10.8. The maximum atomic E-state index is 14.0. The van der Waals surface area contributed by atoms with Gasteiger partial charge in [0, 0.05) is 23.1 Å². The van der Waals surface area contributed by atoms with Gasteiger partial charge in [0.2, 0.25) is 0 Å². The minimum absolute atomic E-state index is 0.0884. The van der Waals surface area contributed by atoms with Crippen LogP contribution < -0.4 is 10.6 Å². The van der Waals surface area contributed by atoms with Crippen molar-refractivity contribution >= 4 is 33.8 Å². The standard InChI is InChI=1S/C20H28BrFN2O2/c1-13(2)7-9-23-19(25)17(20(26)24-10-8-14(3)4)12-15-11-16(21)5-6-18(15)22/h5-6,11-14H,7-10H2,1-4H3,(H,23,25)(H,24,26). The summed E-state index contributed by atoms with van der Waals surface area (Å²) in [6.07, 6.45) is 2.91. The summed E-state index contributed by atoms with van der Waals surface area (Å²) in [7, 11) is 0. The molecule has 144 valence electrons. The Morgan fingerprint density at radius 1 is 1.04 bits per heavy atom. The predicted molar refractivity (Wildman–Crippen MR) is 107 cm³/mol. The Hall–Kier alpha value is -1.69. The molecule has 2 N–H and O–H groups in total. The van der Waals surface area contributed by atoms with E-state index < -0.39 is 17.6 Å². The molecule has 1 aromatic rings. The van der Waals surface area contributed by atoms with Gasteiger partial charge in [-0.2, -0.15) is 0 Å². The third kappa shape index (κ3) is 8.13. The third-order valence-electron chi connectivity index (χ3n) is 3.76. The minimum Gasteiger partial charge on any atom is -0.352 e. The van der Waals surface area contributed by atoms with Crippen molar-refractivity contribution in [2.45, 2.75) is 40.5 Å². The molecule has 0 atom stereocenters. The van der Waals surface area contributed by atoms with Gasteiger partial charge in [0.05, 0.1) is 0 Å². The highest BCUT2D eigenvalue weighted by molar-refractivity contribution is 9.10. The molecule has 0 bridgehead atoms. The zero-order valence-electron chi connectivity index (χ0n) is 15.9. The first-order valence-corrected chi connectivity index (χ1v) is 9.73. The molecule has 6 heteroatoms. The molecule has 0 saturated carbocycles. The predicted octanol–water partition coefficient (Wildman–Crippen LogP) is 4.30. The van der Waals surface area contributed by atoms with Crippen LogP contribution in [0.15, 0.2) is 28.2 Å². The molecular weight excluding hydrogens is 399 g/mol. The van der Waals surface area contributed by atoms with Crippen molar-refractivity contribution < 1.29 is 14.0 Å². The average Bonchev–Trinajstić information content (AvgIpc) is 2.54. The first-order chi connectivity index (χ1) is 12.2. The maximum Gasteiger partial charge on any atom is 0.256 e. The molecule has 4 nitrogen and oxygen atoms in total. The molecule has 0 heterocycles. The first-order valence-electron chi connectivity index (χ1n) is 8.93. The number of carbonyl (C=O) groups is 2. The summed E-state index contributed by atoms with van der Waals surface area (Å²) < 4.78 is 14.7. The molecule has 0 fully saturated rings. The Balaban J connectivity index is 3.00. The van der Waals surface area contributed by atoms with Crippen LogP contribution in [-0.4, -0.2) is 24.9 Å². The van der Waals surface area contributed by atoms with Gasteiger partial charge in [0.15, 0.2) is 0 Å². The second-order valence-electron chi connectivity index (χ2n) is 7.10. The summed E-state index contributed by atoms with van der Waals surface area (Å²) in [4.78, 5) is 25.0. The molecule has 0 saturated heterocycles. The van der Waals surface area contributed by atoms with E-state index in [1.165, 1.54) is 18.2 Å². The lowest BCUT2D eigenvalue weighted by Crippen LogP contribution is -2.36. The van der Waals surface area contributed by atoms with Gasteiger partial charge in [0.1, 0.15) is 11.4 Å². The lowest BCUT2D eigenvalue weighted by Gasteiger charge is -2.12. The molecule has 0 aliphatic heterocycles. The minimum atomic E-state index is -0.493. The monoisotopic (exact) mass is 426 g/mol. The molecule has 0 spiro atoms. The molecule has 0 aliphatic rings. The van der Waals surface area contributed by atoms with Crippen LogP contribution in [0.2, 0.25) is 0 Å². The Kier molecular flexibility index (Phi) is 9.55. The fraction of sp³-hybridized carbons (Fsp3) is 0.500. The van der Waals surface area contributed by atoms with Crippen molar-refractivity contribution in [2.24, 2.45) is 11.8 Å². The van der Waals surface area contributed by atoms with Crippen molar-refractivity contribution in [3.05, 3.63) is 39.6 Å². The summed E-state index contributed by atoms with van der Waals surface area (Å²) in [6.45, 7) is 9.15. The summed E-state index contributed by atoms with van der Waals surface area (Å²) in [6, 6.07) is 4.40.